The molecular weight excluding hydrogens is 534 g/mol. The Balaban J connectivity index is 1.38. The van der Waals surface area contributed by atoms with Crippen molar-refractivity contribution in [2.45, 2.75) is 46.3 Å². The number of aryl methyl sites for hydroxylation is 1. The molecule has 2 aromatic carbocycles. The number of nitrogens with zero attached hydrogens (tertiary/aromatic N) is 4. The molecule has 1 amide bonds. The third-order valence-corrected chi connectivity index (χ3v) is 6.83. The third-order valence-electron chi connectivity index (χ3n) is 6.08. The van der Waals surface area contributed by atoms with E-state index in [2.05, 4.69) is 20.5 Å². The number of amides is 1. The largest absolute Gasteiger partial charge is 0.480 e. The van der Waals surface area contributed by atoms with E-state index in [9.17, 15) is 9.59 Å². The molecule has 40 heavy (non-hydrogen) atoms. The van der Waals surface area contributed by atoms with Gasteiger partial charge in [-0.3, -0.25) is 4.79 Å². The zero-order chi connectivity index (χ0) is 28.2. The highest BCUT2D eigenvalue weighted by Gasteiger charge is 2.34. The van der Waals surface area contributed by atoms with E-state index in [1.165, 1.54) is 11.3 Å². The molecule has 0 bridgehead atoms. The van der Waals surface area contributed by atoms with Crippen LogP contribution in [0.2, 0.25) is 0 Å². The predicted molar refractivity (Wildman–Crippen MR) is 148 cm³/mol. The second-order valence-corrected chi connectivity index (χ2v) is 10.2. The maximum atomic E-state index is 12.9. The van der Waals surface area contributed by atoms with Crippen molar-refractivity contribution >= 4 is 34.0 Å². The molecule has 1 saturated heterocycles. The smallest absolute Gasteiger partial charge is 0.357 e. The Labute approximate surface area is 235 Å². The summed E-state index contributed by atoms with van der Waals surface area (Å²) in [4.78, 5) is 31.0. The van der Waals surface area contributed by atoms with Gasteiger partial charge in [-0.15, -0.1) is 21.5 Å². The van der Waals surface area contributed by atoms with Gasteiger partial charge in [0.1, 0.15) is 17.2 Å². The molecule has 11 nitrogen and oxygen atoms in total. The SMILES string of the molecule is CCOC(=O)c1csc(Nc2cc(Oc3ccc(-c4nnc(C)o4)cc3)cc(OC3CCN(C(C)C)C3=O)c2)n1. The molecule has 1 atom stereocenters. The monoisotopic (exact) mass is 563 g/mol. The summed E-state index contributed by atoms with van der Waals surface area (Å²) in [7, 11) is 0. The van der Waals surface area contributed by atoms with Gasteiger partial charge in [-0.25, -0.2) is 9.78 Å². The number of hydrogen-bond donors (Lipinski definition) is 1. The first-order valence-electron chi connectivity index (χ1n) is 12.9. The quantitative estimate of drug-likeness (QED) is 0.243. The van der Waals surface area contributed by atoms with Gasteiger partial charge in [-0.05, 0) is 45.0 Å². The standard InChI is InChI=1S/C28H29N5O6S/c1-5-36-27(35)23-15-40-28(30-23)29-19-12-21(14-22(13-19)39-24-10-11-33(16(2)3)26(24)34)38-20-8-6-18(7-9-20)25-32-31-17(4)37-25/h6-9,12-16,24H,5,10-11H2,1-4H3,(H,29,30). The maximum absolute atomic E-state index is 12.9. The summed E-state index contributed by atoms with van der Waals surface area (Å²) in [5.74, 6) is 1.90. The summed E-state index contributed by atoms with van der Waals surface area (Å²) in [6.07, 6.45) is 0.00884. The molecule has 0 spiro atoms. The molecule has 5 rings (SSSR count). The van der Waals surface area contributed by atoms with Crippen LogP contribution in [0.25, 0.3) is 11.5 Å². The van der Waals surface area contributed by atoms with Crippen LogP contribution in [0, 0.1) is 6.92 Å². The van der Waals surface area contributed by atoms with Crippen LogP contribution >= 0.6 is 11.3 Å². The number of carbonyl (C=O) groups excluding carboxylic acids is 2. The van der Waals surface area contributed by atoms with E-state index in [4.69, 9.17) is 18.6 Å². The predicted octanol–water partition coefficient (Wildman–Crippen LogP) is 5.60. The van der Waals surface area contributed by atoms with E-state index < -0.39 is 12.1 Å². The van der Waals surface area contributed by atoms with Gasteiger partial charge in [-0.2, -0.15) is 0 Å². The lowest BCUT2D eigenvalue weighted by Crippen LogP contribution is -2.36. The van der Waals surface area contributed by atoms with Crippen molar-refractivity contribution in [2.75, 3.05) is 18.5 Å². The summed E-state index contributed by atoms with van der Waals surface area (Å²) in [5.41, 5.74) is 1.60. The highest BCUT2D eigenvalue weighted by Crippen LogP contribution is 2.34. The Morgan fingerprint density at radius 1 is 1.15 bits per heavy atom. The van der Waals surface area contributed by atoms with Crippen LogP contribution in [-0.4, -0.2) is 57.3 Å². The van der Waals surface area contributed by atoms with Crippen LogP contribution < -0.4 is 14.8 Å². The molecule has 1 aliphatic rings. The Hall–Kier alpha value is -4.45. The van der Waals surface area contributed by atoms with Crippen LogP contribution in [0.15, 0.2) is 52.3 Å². The molecule has 4 aromatic rings. The van der Waals surface area contributed by atoms with Gasteiger partial charge in [0.25, 0.3) is 5.91 Å². The van der Waals surface area contributed by atoms with Crippen molar-refractivity contribution in [1.29, 1.82) is 0 Å². The van der Waals surface area contributed by atoms with Gasteiger partial charge in [-0.1, -0.05) is 0 Å². The van der Waals surface area contributed by atoms with Crippen LogP contribution in [0.5, 0.6) is 17.2 Å². The molecule has 0 saturated carbocycles. The van der Waals surface area contributed by atoms with Crippen molar-refractivity contribution in [2.24, 2.45) is 0 Å². The number of hydrogen-bond acceptors (Lipinski definition) is 11. The average Bonchev–Trinajstić information content (AvgIpc) is 3.65. The Morgan fingerprint density at radius 3 is 2.60 bits per heavy atom. The molecule has 12 heteroatoms. The molecule has 1 unspecified atom stereocenters. The first-order chi connectivity index (χ1) is 19.3. The van der Waals surface area contributed by atoms with Gasteiger partial charge in [0, 0.05) is 60.8 Å². The minimum absolute atomic E-state index is 0.0401. The van der Waals surface area contributed by atoms with Crippen molar-refractivity contribution in [3.8, 4) is 28.7 Å². The number of nitrogens with one attached hydrogen (secondary N) is 1. The maximum Gasteiger partial charge on any atom is 0.357 e. The number of thiazole rings is 1. The highest BCUT2D eigenvalue weighted by molar-refractivity contribution is 7.14. The van der Waals surface area contributed by atoms with E-state index in [-0.39, 0.29) is 24.2 Å². The van der Waals surface area contributed by atoms with Crippen LogP contribution in [0.4, 0.5) is 10.8 Å². The average molecular weight is 564 g/mol. The number of esters is 1. The number of aromatic nitrogens is 3. The van der Waals surface area contributed by atoms with E-state index in [1.807, 2.05) is 30.9 Å². The first kappa shape index (κ1) is 27.1. The number of benzene rings is 2. The van der Waals surface area contributed by atoms with Crippen molar-refractivity contribution in [1.82, 2.24) is 20.1 Å². The minimum Gasteiger partial charge on any atom is -0.480 e. The van der Waals surface area contributed by atoms with E-state index >= 15 is 0 Å². The van der Waals surface area contributed by atoms with Gasteiger partial charge < -0.3 is 28.8 Å². The second kappa shape index (κ2) is 11.7. The van der Waals surface area contributed by atoms with Crippen LogP contribution in [-0.2, 0) is 9.53 Å². The number of rotatable bonds is 10. The first-order valence-corrected chi connectivity index (χ1v) is 13.8. The lowest BCUT2D eigenvalue weighted by molar-refractivity contribution is -0.134. The van der Waals surface area contributed by atoms with E-state index in [0.29, 0.717) is 52.8 Å². The van der Waals surface area contributed by atoms with Gasteiger partial charge in [0.15, 0.2) is 16.9 Å². The molecule has 1 N–H and O–H groups in total. The van der Waals surface area contributed by atoms with E-state index in [0.717, 1.165) is 5.56 Å². The van der Waals surface area contributed by atoms with Crippen molar-refractivity contribution in [3.05, 3.63) is 59.4 Å². The summed E-state index contributed by atoms with van der Waals surface area (Å²) in [5, 5.41) is 13.2. The molecule has 3 heterocycles. The van der Waals surface area contributed by atoms with Crippen LogP contribution in [0.1, 0.15) is 43.6 Å². The molecule has 0 aliphatic carbocycles. The number of anilines is 2. The van der Waals surface area contributed by atoms with E-state index in [1.54, 1.807) is 49.6 Å². The molecule has 0 radical (unpaired) electrons. The summed E-state index contributed by atoms with van der Waals surface area (Å²) >= 11 is 1.27. The molecule has 1 aliphatic heterocycles. The Kier molecular flexibility index (Phi) is 7.96. The lowest BCUT2D eigenvalue weighted by Gasteiger charge is -2.21. The second-order valence-electron chi connectivity index (χ2n) is 9.35. The normalized spacial score (nSPS) is 15.0. The summed E-state index contributed by atoms with van der Waals surface area (Å²) in [6.45, 7) is 8.36. The number of ether oxygens (including phenoxy) is 3. The molecule has 2 aromatic heterocycles. The van der Waals surface area contributed by atoms with Gasteiger partial charge >= 0.3 is 5.97 Å². The molecule has 208 valence electrons. The Morgan fingerprint density at radius 2 is 1.93 bits per heavy atom. The fourth-order valence-electron chi connectivity index (χ4n) is 4.20. The Bertz CT molecular complexity index is 1500. The number of carbonyl (C=O) groups is 2. The van der Waals surface area contributed by atoms with Crippen LogP contribution in [0.3, 0.4) is 0 Å². The zero-order valence-electron chi connectivity index (χ0n) is 22.5. The summed E-state index contributed by atoms with van der Waals surface area (Å²) < 4.78 is 22.8. The zero-order valence-corrected chi connectivity index (χ0v) is 23.4. The highest BCUT2D eigenvalue weighted by atomic mass is 32.1. The molecular formula is C28H29N5O6S. The lowest BCUT2D eigenvalue weighted by atomic mass is 10.2. The van der Waals surface area contributed by atoms with Crippen molar-refractivity contribution < 1.29 is 28.2 Å². The van der Waals surface area contributed by atoms with Gasteiger partial charge in [0.05, 0.1) is 6.61 Å². The topological polar surface area (TPSA) is 129 Å². The molecule has 1 fully saturated rings. The summed E-state index contributed by atoms with van der Waals surface area (Å²) in [6, 6.07) is 12.6. The van der Waals surface area contributed by atoms with Crippen molar-refractivity contribution in [3.63, 3.8) is 0 Å². The van der Waals surface area contributed by atoms with Gasteiger partial charge in [0.2, 0.25) is 11.8 Å². The number of likely N-dealkylation sites (tertiary alicyclic amines) is 1. The fraction of sp³-hybridized carbons (Fsp3) is 0.321. The minimum atomic E-state index is -0.585. The third kappa shape index (κ3) is 6.23. The fourth-order valence-corrected chi connectivity index (χ4v) is 4.90.